The number of esters is 2. The highest BCUT2D eigenvalue weighted by molar-refractivity contribution is 5.90. The van der Waals surface area contributed by atoms with Crippen molar-refractivity contribution in [3.63, 3.8) is 0 Å². The van der Waals surface area contributed by atoms with Gasteiger partial charge in [-0.3, -0.25) is 14.4 Å². The van der Waals surface area contributed by atoms with E-state index in [0.29, 0.717) is 0 Å². The van der Waals surface area contributed by atoms with Crippen LogP contribution in [0.25, 0.3) is 0 Å². The van der Waals surface area contributed by atoms with E-state index < -0.39 is 36.0 Å². The summed E-state index contributed by atoms with van der Waals surface area (Å²) in [6.07, 6.45) is -3.88. The van der Waals surface area contributed by atoms with Gasteiger partial charge < -0.3 is 24.7 Å². The first-order valence-electron chi connectivity index (χ1n) is 7.09. The van der Waals surface area contributed by atoms with Crippen molar-refractivity contribution in [3.05, 3.63) is 35.4 Å². The van der Waals surface area contributed by atoms with Crippen molar-refractivity contribution < 1.29 is 33.8 Å². The van der Waals surface area contributed by atoms with E-state index >= 15 is 0 Å². The van der Waals surface area contributed by atoms with E-state index in [9.17, 15) is 24.3 Å². The molecule has 0 saturated carbocycles. The third-order valence-electron chi connectivity index (χ3n) is 2.94. The van der Waals surface area contributed by atoms with Crippen LogP contribution in [0.3, 0.4) is 0 Å². The molecule has 0 aliphatic heterocycles. The molecular weight excluding hydrogens is 318 g/mol. The first-order valence-corrected chi connectivity index (χ1v) is 7.09. The molecule has 8 nitrogen and oxygen atoms in total. The number of ether oxygens (including phenoxy) is 2. The fourth-order valence-electron chi connectivity index (χ4n) is 1.84. The van der Waals surface area contributed by atoms with Gasteiger partial charge in [-0.1, -0.05) is 29.8 Å². The minimum Gasteiger partial charge on any atom is -0.546 e. The molecule has 1 rings (SSSR count). The van der Waals surface area contributed by atoms with Crippen molar-refractivity contribution in [2.24, 2.45) is 0 Å². The quantitative estimate of drug-likeness (QED) is 0.648. The Hall–Kier alpha value is -2.90. The van der Waals surface area contributed by atoms with E-state index in [-0.39, 0.29) is 6.54 Å². The molecule has 130 valence electrons. The number of aliphatic carboxylic acids is 1. The van der Waals surface area contributed by atoms with Crippen molar-refractivity contribution in [2.45, 2.75) is 39.5 Å². The number of nitrogens with one attached hydrogen (secondary N) is 1. The summed E-state index contributed by atoms with van der Waals surface area (Å²) >= 11 is 0. The van der Waals surface area contributed by atoms with Crippen LogP contribution in [0.5, 0.6) is 0 Å². The average molecular weight is 336 g/mol. The molecule has 0 saturated heterocycles. The normalized spacial score (nSPS) is 12.6. The molecular formula is C16H18NO7-. The van der Waals surface area contributed by atoms with Crippen molar-refractivity contribution in [3.8, 4) is 0 Å². The van der Waals surface area contributed by atoms with E-state index in [0.717, 1.165) is 25.0 Å². The van der Waals surface area contributed by atoms with Gasteiger partial charge in [0.05, 0.1) is 5.97 Å². The van der Waals surface area contributed by atoms with E-state index in [1.807, 2.05) is 19.1 Å². The number of carbonyl (C=O) groups excluding carboxylic acids is 4. The molecule has 0 radical (unpaired) electrons. The summed E-state index contributed by atoms with van der Waals surface area (Å²) in [5.41, 5.74) is 1.79. The van der Waals surface area contributed by atoms with Gasteiger partial charge in [0, 0.05) is 20.4 Å². The number of amides is 1. The van der Waals surface area contributed by atoms with Crippen LogP contribution in [0.15, 0.2) is 24.3 Å². The van der Waals surface area contributed by atoms with Crippen LogP contribution in [0.4, 0.5) is 0 Å². The number of aryl methyl sites for hydroxylation is 1. The van der Waals surface area contributed by atoms with Gasteiger partial charge in [0.25, 0.3) is 5.91 Å². The fourth-order valence-corrected chi connectivity index (χ4v) is 1.84. The highest BCUT2D eigenvalue weighted by Gasteiger charge is 2.34. The van der Waals surface area contributed by atoms with E-state index in [1.165, 1.54) is 0 Å². The van der Waals surface area contributed by atoms with Crippen LogP contribution in [0.1, 0.15) is 25.0 Å². The molecule has 0 heterocycles. The van der Waals surface area contributed by atoms with Crippen LogP contribution in [-0.2, 0) is 35.2 Å². The molecule has 0 aromatic heterocycles. The van der Waals surface area contributed by atoms with Gasteiger partial charge in [0.1, 0.15) is 0 Å². The summed E-state index contributed by atoms with van der Waals surface area (Å²) < 4.78 is 9.22. The van der Waals surface area contributed by atoms with Crippen molar-refractivity contribution in [2.75, 3.05) is 0 Å². The van der Waals surface area contributed by atoms with Gasteiger partial charge in [0.15, 0.2) is 6.10 Å². The van der Waals surface area contributed by atoms with Gasteiger partial charge in [-0.15, -0.1) is 0 Å². The number of hydrogen-bond acceptors (Lipinski definition) is 7. The SMILES string of the molecule is CC(=O)O[C@H](C(=O)NCc1ccc(C)cc1)[C@@H](OC(C)=O)C(=O)[O-]. The molecule has 8 heteroatoms. The summed E-state index contributed by atoms with van der Waals surface area (Å²) in [6.45, 7) is 3.95. The monoisotopic (exact) mass is 336 g/mol. The molecule has 1 amide bonds. The summed E-state index contributed by atoms with van der Waals surface area (Å²) in [7, 11) is 0. The van der Waals surface area contributed by atoms with E-state index in [1.54, 1.807) is 12.1 Å². The Kier molecular flexibility index (Phi) is 6.91. The summed E-state index contributed by atoms with van der Waals surface area (Å²) in [5.74, 6) is -4.61. The lowest BCUT2D eigenvalue weighted by molar-refractivity contribution is -0.318. The minimum absolute atomic E-state index is 0.0801. The lowest BCUT2D eigenvalue weighted by atomic mass is 10.1. The van der Waals surface area contributed by atoms with Gasteiger partial charge in [0.2, 0.25) is 6.10 Å². The Morgan fingerprint density at radius 2 is 1.50 bits per heavy atom. The smallest absolute Gasteiger partial charge is 0.303 e. The second kappa shape index (κ2) is 8.66. The Bertz CT molecular complexity index is 624. The van der Waals surface area contributed by atoms with Crippen molar-refractivity contribution in [1.29, 1.82) is 0 Å². The number of carbonyl (C=O) groups is 4. The largest absolute Gasteiger partial charge is 0.546 e. The zero-order chi connectivity index (χ0) is 18.3. The molecule has 0 fully saturated rings. The molecule has 0 aliphatic carbocycles. The Balaban J connectivity index is 2.86. The van der Waals surface area contributed by atoms with Crippen LogP contribution < -0.4 is 10.4 Å². The second-order valence-electron chi connectivity index (χ2n) is 5.08. The highest BCUT2D eigenvalue weighted by Crippen LogP contribution is 2.08. The molecule has 1 aromatic carbocycles. The highest BCUT2D eigenvalue weighted by atomic mass is 16.6. The lowest BCUT2D eigenvalue weighted by Crippen LogP contribution is -2.53. The molecule has 24 heavy (non-hydrogen) atoms. The van der Waals surface area contributed by atoms with Crippen LogP contribution in [-0.4, -0.2) is 36.0 Å². The maximum Gasteiger partial charge on any atom is 0.303 e. The number of carboxylic acid groups (broad SMARTS) is 1. The predicted octanol–water partition coefficient (Wildman–Crippen LogP) is -0.775. The summed E-state index contributed by atoms with van der Waals surface area (Å²) in [5, 5.41) is 13.5. The van der Waals surface area contributed by atoms with Crippen LogP contribution >= 0.6 is 0 Å². The fraction of sp³-hybridized carbons (Fsp3) is 0.375. The zero-order valence-electron chi connectivity index (χ0n) is 13.5. The molecule has 0 aliphatic rings. The average Bonchev–Trinajstić information content (AvgIpc) is 2.49. The summed E-state index contributed by atoms with van der Waals surface area (Å²) in [6, 6.07) is 7.24. The Labute approximate surface area is 138 Å². The summed E-state index contributed by atoms with van der Waals surface area (Å²) in [4.78, 5) is 45.4. The minimum atomic E-state index is -2.04. The molecule has 2 atom stereocenters. The number of benzene rings is 1. The predicted molar refractivity (Wildman–Crippen MR) is 79.1 cm³/mol. The number of carboxylic acids is 1. The molecule has 1 N–H and O–H groups in total. The van der Waals surface area contributed by atoms with Gasteiger partial charge in [-0.25, -0.2) is 0 Å². The van der Waals surface area contributed by atoms with Gasteiger partial charge in [-0.2, -0.15) is 0 Å². The lowest BCUT2D eigenvalue weighted by Gasteiger charge is -2.26. The van der Waals surface area contributed by atoms with E-state index in [4.69, 9.17) is 4.74 Å². The van der Waals surface area contributed by atoms with Gasteiger partial charge >= 0.3 is 11.9 Å². The maximum absolute atomic E-state index is 12.2. The van der Waals surface area contributed by atoms with Crippen LogP contribution in [0.2, 0.25) is 0 Å². The molecule has 1 aromatic rings. The topological polar surface area (TPSA) is 122 Å². The third-order valence-corrected chi connectivity index (χ3v) is 2.94. The molecule has 0 spiro atoms. The van der Waals surface area contributed by atoms with Crippen molar-refractivity contribution >= 4 is 23.8 Å². The standard InChI is InChI=1S/C16H19NO7/c1-9-4-6-12(7-5-9)8-17-15(20)13(23-10(2)18)14(16(21)22)24-11(3)19/h4-7,13-14H,8H2,1-3H3,(H,17,20)(H,21,22)/p-1/t13-,14+/m0/s1. The van der Waals surface area contributed by atoms with Crippen molar-refractivity contribution in [1.82, 2.24) is 5.32 Å². The van der Waals surface area contributed by atoms with E-state index in [2.05, 4.69) is 10.1 Å². The second-order valence-corrected chi connectivity index (χ2v) is 5.08. The number of rotatable bonds is 7. The molecule has 0 unspecified atom stereocenters. The first-order chi connectivity index (χ1) is 11.2. The Morgan fingerprint density at radius 1 is 1.00 bits per heavy atom. The maximum atomic E-state index is 12.2. The van der Waals surface area contributed by atoms with Gasteiger partial charge in [-0.05, 0) is 12.5 Å². The Morgan fingerprint density at radius 3 is 1.96 bits per heavy atom. The molecule has 0 bridgehead atoms. The first kappa shape index (κ1) is 19.1. The number of hydrogen-bond donors (Lipinski definition) is 1. The van der Waals surface area contributed by atoms with Crippen LogP contribution in [0, 0.1) is 6.92 Å². The zero-order valence-corrected chi connectivity index (χ0v) is 13.5. The third kappa shape index (κ3) is 6.07.